The molecule has 4 atom stereocenters. The molecule has 0 N–H and O–H groups in total. The van der Waals surface area contributed by atoms with Crippen LogP contribution in [0.5, 0.6) is 0 Å². The number of rotatable bonds is 0. The van der Waals surface area contributed by atoms with Crippen molar-refractivity contribution >= 4 is 0 Å². The SMILES string of the molecule is [CH]1CCC2CCCC3CCCC1C23. The van der Waals surface area contributed by atoms with Crippen molar-refractivity contribution in [2.24, 2.45) is 23.7 Å². The third kappa shape index (κ3) is 1.33. The lowest BCUT2D eigenvalue weighted by Gasteiger charge is -2.49. The Bertz CT molecular complexity index is 139. The summed E-state index contributed by atoms with van der Waals surface area (Å²) in [7, 11) is 0. The van der Waals surface area contributed by atoms with Crippen LogP contribution < -0.4 is 0 Å². The molecular formula is C13H21. The minimum atomic E-state index is 1.04. The quantitative estimate of drug-likeness (QED) is 0.527. The van der Waals surface area contributed by atoms with Gasteiger partial charge in [-0.15, -0.1) is 0 Å². The van der Waals surface area contributed by atoms with Gasteiger partial charge in [-0.05, 0) is 49.4 Å². The topological polar surface area (TPSA) is 0 Å². The minimum Gasteiger partial charge on any atom is -0.0528 e. The van der Waals surface area contributed by atoms with Crippen LogP contribution in [0.3, 0.4) is 0 Å². The monoisotopic (exact) mass is 177 g/mol. The summed E-state index contributed by atoms with van der Waals surface area (Å²) < 4.78 is 0. The van der Waals surface area contributed by atoms with Gasteiger partial charge in [-0.25, -0.2) is 0 Å². The molecule has 0 aromatic rings. The highest BCUT2D eigenvalue weighted by Gasteiger charge is 2.42. The van der Waals surface area contributed by atoms with Crippen molar-refractivity contribution in [2.45, 2.75) is 51.4 Å². The van der Waals surface area contributed by atoms with Crippen molar-refractivity contribution in [3.8, 4) is 0 Å². The van der Waals surface area contributed by atoms with E-state index in [9.17, 15) is 0 Å². The lowest BCUT2D eigenvalue weighted by molar-refractivity contribution is 0.0375. The van der Waals surface area contributed by atoms with Gasteiger partial charge in [0.15, 0.2) is 0 Å². The van der Waals surface area contributed by atoms with Gasteiger partial charge in [0.2, 0.25) is 0 Å². The predicted octanol–water partition coefficient (Wildman–Crippen LogP) is 3.82. The first-order valence-electron chi connectivity index (χ1n) is 6.28. The van der Waals surface area contributed by atoms with Crippen molar-refractivity contribution in [1.29, 1.82) is 0 Å². The standard InChI is InChI=1S/C13H21/c1-4-10-6-2-8-12-9-3-7-11(5-1)13(10)12/h4,10-13H,1-3,5-9H2. The largest absolute Gasteiger partial charge is 0.0528 e. The first-order valence-corrected chi connectivity index (χ1v) is 6.28. The van der Waals surface area contributed by atoms with Crippen LogP contribution in [0.1, 0.15) is 51.4 Å². The maximum atomic E-state index is 2.67. The molecule has 73 valence electrons. The molecular weight excluding hydrogens is 156 g/mol. The third-order valence-corrected chi connectivity index (χ3v) is 4.85. The summed E-state index contributed by atoms with van der Waals surface area (Å²) in [5, 5.41) is 0. The molecule has 0 heteroatoms. The van der Waals surface area contributed by atoms with E-state index in [1.807, 2.05) is 0 Å². The Morgan fingerprint density at radius 2 is 1.46 bits per heavy atom. The van der Waals surface area contributed by atoms with Crippen molar-refractivity contribution in [1.82, 2.24) is 0 Å². The average molecular weight is 177 g/mol. The predicted molar refractivity (Wildman–Crippen MR) is 55.2 cm³/mol. The van der Waals surface area contributed by atoms with Gasteiger partial charge in [-0.2, -0.15) is 0 Å². The van der Waals surface area contributed by atoms with Gasteiger partial charge in [0.25, 0.3) is 0 Å². The molecule has 0 aromatic carbocycles. The smallest absolute Gasteiger partial charge is 0.0326 e. The maximum absolute atomic E-state index is 2.67. The van der Waals surface area contributed by atoms with Gasteiger partial charge in [0, 0.05) is 0 Å². The van der Waals surface area contributed by atoms with Crippen molar-refractivity contribution in [3.05, 3.63) is 6.42 Å². The van der Waals surface area contributed by atoms with Gasteiger partial charge in [-0.3, -0.25) is 0 Å². The summed E-state index contributed by atoms with van der Waals surface area (Å²) in [4.78, 5) is 0. The van der Waals surface area contributed by atoms with Gasteiger partial charge >= 0.3 is 0 Å². The normalized spacial score (nSPS) is 49.8. The Morgan fingerprint density at radius 1 is 0.769 bits per heavy atom. The number of hydrogen-bond donors (Lipinski definition) is 0. The van der Waals surface area contributed by atoms with Crippen LogP contribution in [0.2, 0.25) is 0 Å². The zero-order chi connectivity index (χ0) is 8.67. The van der Waals surface area contributed by atoms with Crippen molar-refractivity contribution in [2.75, 3.05) is 0 Å². The second kappa shape index (κ2) is 3.29. The first kappa shape index (κ1) is 8.32. The Kier molecular flexibility index (Phi) is 2.11. The second-order valence-electron chi connectivity index (χ2n) is 5.44. The van der Waals surface area contributed by atoms with Crippen LogP contribution in [0.25, 0.3) is 0 Å². The Labute approximate surface area is 82.1 Å². The van der Waals surface area contributed by atoms with E-state index >= 15 is 0 Å². The summed E-state index contributed by atoms with van der Waals surface area (Å²) in [6.45, 7) is 0. The van der Waals surface area contributed by atoms with E-state index < -0.39 is 0 Å². The van der Waals surface area contributed by atoms with Crippen molar-refractivity contribution in [3.63, 3.8) is 0 Å². The van der Waals surface area contributed by atoms with Crippen LogP contribution in [-0.4, -0.2) is 0 Å². The molecule has 4 unspecified atom stereocenters. The molecule has 3 aliphatic rings. The zero-order valence-corrected chi connectivity index (χ0v) is 8.54. The summed E-state index contributed by atoms with van der Waals surface area (Å²) in [5.74, 6) is 4.44. The molecule has 3 fully saturated rings. The molecule has 0 saturated heterocycles. The van der Waals surface area contributed by atoms with E-state index in [0.29, 0.717) is 0 Å². The van der Waals surface area contributed by atoms with Crippen LogP contribution in [0.15, 0.2) is 0 Å². The molecule has 0 aromatic heterocycles. The highest BCUT2D eigenvalue weighted by molar-refractivity contribution is 4.98. The Hall–Kier alpha value is 0. The van der Waals surface area contributed by atoms with Crippen LogP contribution in [0, 0.1) is 30.1 Å². The lowest BCUT2D eigenvalue weighted by atomic mass is 9.56. The molecule has 0 nitrogen and oxygen atoms in total. The fourth-order valence-electron chi connectivity index (χ4n) is 4.39. The van der Waals surface area contributed by atoms with E-state index in [-0.39, 0.29) is 0 Å². The zero-order valence-electron chi connectivity index (χ0n) is 8.54. The van der Waals surface area contributed by atoms with Crippen LogP contribution in [0.4, 0.5) is 0 Å². The van der Waals surface area contributed by atoms with E-state index in [2.05, 4.69) is 6.42 Å². The molecule has 13 heavy (non-hydrogen) atoms. The fraction of sp³-hybridized carbons (Fsp3) is 0.923. The summed E-state index contributed by atoms with van der Waals surface area (Å²) in [6, 6.07) is 0. The van der Waals surface area contributed by atoms with Crippen molar-refractivity contribution < 1.29 is 0 Å². The molecule has 3 aliphatic carbocycles. The van der Waals surface area contributed by atoms with Gasteiger partial charge in [0.05, 0.1) is 0 Å². The van der Waals surface area contributed by atoms with E-state index in [4.69, 9.17) is 0 Å². The average Bonchev–Trinajstić information content (AvgIpc) is 2.19. The Morgan fingerprint density at radius 3 is 2.31 bits per heavy atom. The molecule has 0 amide bonds. The van der Waals surface area contributed by atoms with Gasteiger partial charge in [-0.1, -0.05) is 32.1 Å². The summed E-state index contributed by atoms with van der Waals surface area (Å²) in [5.41, 5.74) is 0. The molecule has 1 radical (unpaired) electrons. The van der Waals surface area contributed by atoms with Gasteiger partial charge in [0.1, 0.15) is 0 Å². The molecule has 3 saturated carbocycles. The van der Waals surface area contributed by atoms with E-state index in [0.717, 1.165) is 23.7 Å². The fourth-order valence-corrected chi connectivity index (χ4v) is 4.39. The first-order chi connectivity index (χ1) is 6.45. The van der Waals surface area contributed by atoms with Crippen LogP contribution >= 0.6 is 0 Å². The van der Waals surface area contributed by atoms with Gasteiger partial charge < -0.3 is 0 Å². The highest BCUT2D eigenvalue weighted by atomic mass is 14.5. The molecule has 3 rings (SSSR count). The lowest BCUT2D eigenvalue weighted by Crippen LogP contribution is -2.40. The molecule has 0 aliphatic heterocycles. The molecule has 0 heterocycles. The van der Waals surface area contributed by atoms with E-state index in [1.54, 1.807) is 25.7 Å². The summed E-state index contributed by atoms with van der Waals surface area (Å²) >= 11 is 0. The second-order valence-corrected chi connectivity index (χ2v) is 5.44. The highest BCUT2D eigenvalue weighted by Crippen LogP contribution is 2.52. The number of hydrogen-bond acceptors (Lipinski definition) is 0. The molecule has 0 bridgehead atoms. The maximum Gasteiger partial charge on any atom is -0.0326 e. The molecule has 0 spiro atoms. The third-order valence-electron chi connectivity index (χ3n) is 4.85. The minimum absolute atomic E-state index is 1.04. The van der Waals surface area contributed by atoms with E-state index in [1.165, 1.54) is 25.7 Å². The Balaban J connectivity index is 1.82. The summed E-state index contributed by atoms with van der Waals surface area (Å²) in [6.07, 6.45) is 14.9. The van der Waals surface area contributed by atoms with Crippen LogP contribution in [-0.2, 0) is 0 Å².